The first-order valence-electron chi connectivity index (χ1n) is 5.82. The summed E-state index contributed by atoms with van der Waals surface area (Å²) >= 11 is 0. The number of carbonyl (C=O) groups is 1. The van der Waals surface area contributed by atoms with Crippen LogP contribution in [0.5, 0.6) is 0 Å². The minimum atomic E-state index is -0.267. The second-order valence-electron chi connectivity index (χ2n) is 4.40. The summed E-state index contributed by atoms with van der Waals surface area (Å²) in [5, 5.41) is 0. The fourth-order valence-electron chi connectivity index (χ4n) is 1.79. The number of aryl methyl sites for hydroxylation is 1. The number of halogens is 1. The Hall–Kier alpha value is -1.18. The number of hydrogen-bond donors (Lipinski definition) is 0. The summed E-state index contributed by atoms with van der Waals surface area (Å²) in [6.07, 6.45) is 2.27. The third-order valence-corrected chi connectivity index (χ3v) is 2.95. The third-order valence-electron chi connectivity index (χ3n) is 2.95. The van der Waals surface area contributed by atoms with E-state index in [1.165, 1.54) is 12.1 Å². The van der Waals surface area contributed by atoms with Gasteiger partial charge in [-0.1, -0.05) is 26.3 Å². The standard InChI is InChI=1S/C14H19FO/c1-4-5-11(3)14(16)9-12-8-13(15)7-6-10(12)2/h6-8,11H,4-5,9H2,1-3H3. The minimum Gasteiger partial charge on any atom is -0.299 e. The average molecular weight is 222 g/mol. The summed E-state index contributed by atoms with van der Waals surface area (Å²) in [6.45, 7) is 5.92. The van der Waals surface area contributed by atoms with Gasteiger partial charge in [0.05, 0.1) is 0 Å². The first-order chi connectivity index (χ1) is 7.54. The molecule has 1 atom stereocenters. The zero-order valence-electron chi connectivity index (χ0n) is 10.2. The molecule has 1 rings (SSSR count). The molecule has 0 aliphatic rings. The molecule has 0 fully saturated rings. The number of hydrogen-bond acceptors (Lipinski definition) is 1. The van der Waals surface area contributed by atoms with Crippen LogP contribution >= 0.6 is 0 Å². The van der Waals surface area contributed by atoms with Crippen molar-refractivity contribution in [2.75, 3.05) is 0 Å². The molecule has 0 spiro atoms. The largest absolute Gasteiger partial charge is 0.299 e. The Balaban J connectivity index is 2.72. The lowest BCUT2D eigenvalue weighted by molar-refractivity contribution is -0.121. The van der Waals surface area contributed by atoms with E-state index in [9.17, 15) is 9.18 Å². The predicted octanol–water partition coefficient (Wildman–Crippen LogP) is 3.68. The van der Waals surface area contributed by atoms with Crippen molar-refractivity contribution in [1.82, 2.24) is 0 Å². The van der Waals surface area contributed by atoms with Crippen LogP contribution in [0.15, 0.2) is 18.2 Å². The molecule has 16 heavy (non-hydrogen) atoms. The molecule has 1 aromatic rings. The summed E-state index contributed by atoms with van der Waals surface area (Å²) in [5.74, 6) is 0.0137. The summed E-state index contributed by atoms with van der Waals surface area (Å²) in [6, 6.07) is 4.62. The van der Waals surface area contributed by atoms with Crippen LogP contribution < -0.4 is 0 Å². The van der Waals surface area contributed by atoms with Gasteiger partial charge in [0, 0.05) is 12.3 Å². The predicted molar refractivity (Wildman–Crippen MR) is 63.9 cm³/mol. The van der Waals surface area contributed by atoms with Crippen LogP contribution in [0.1, 0.15) is 37.8 Å². The highest BCUT2D eigenvalue weighted by molar-refractivity contribution is 5.83. The van der Waals surface area contributed by atoms with Gasteiger partial charge in [-0.15, -0.1) is 0 Å². The minimum absolute atomic E-state index is 0.0765. The van der Waals surface area contributed by atoms with Gasteiger partial charge < -0.3 is 0 Å². The van der Waals surface area contributed by atoms with Crippen LogP contribution in [0, 0.1) is 18.7 Å². The van der Waals surface area contributed by atoms with Crippen LogP contribution in [0.2, 0.25) is 0 Å². The number of ketones is 1. The van der Waals surface area contributed by atoms with Gasteiger partial charge in [0.1, 0.15) is 11.6 Å². The monoisotopic (exact) mass is 222 g/mol. The third kappa shape index (κ3) is 3.44. The van der Waals surface area contributed by atoms with E-state index < -0.39 is 0 Å². The van der Waals surface area contributed by atoms with E-state index in [2.05, 4.69) is 6.92 Å². The van der Waals surface area contributed by atoms with E-state index in [1.54, 1.807) is 6.07 Å². The highest BCUT2D eigenvalue weighted by Gasteiger charge is 2.13. The average Bonchev–Trinajstić information content (AvgIpc) is 2.23. The number of Topliss-reactive ketones (excluding diaryl/α,β-unsaturated/α-hetero) is 1. The highest BCUT2D eigenvalue weighted by atomic mass is 19.1. The Kier molecular flexibility index (Phi) is 4.66. The zero-order valence-corrected chi connectivity index (χ0v) is 10.2. The molecule has 88 valence electrons. The van der Waals surface area contributed by atoms with Crippen LogP contribution in [0.4, 0.5) is 4.39 Å². The molecule has 1 aromatic carbocycles. The van der Waals surface area contributed by atoms with E-state index in [1.807, 2.05) is 13.8 Å². The summed E-state index contributed by atoms with van der Waals surface area (Å²) in [4.78, 5) is 11.8. The van der Waals surface area contributed by atoms with Gasteiger partial charge >= 0.3 is 0 Å². The Morgan fingerprint density at radius 3 is 2.75 bits per heavy atom. The lowest BCUT2D eigenvalue weighted by Crippen LogP contribution is -2.14. The van der Waals surface area contributed by atoms with Crippen LogP contribution in [0.3, 0.4) is 0 Å². The molecule has 0 saturated carbocycles. The molecule has 0 aromatic heterocycles. The van der Waals surface area contributed by atoms with Crippen molar-refractivity contribution >= 4 is 5.78 Å². The van der Waals surface area contributed by atoms with Crippen molar-refractivity contribution in [1.29, 1.82) is 0 Å². The van der Waals surface area contributed by atoms with E-state index in [0.717, 1.165) is 24.0 Å². The van der Waals surface area contributed by atoms with E-state index >= 15 is 0 Å². The fourth-order valence-corrected chi connectivity index (χ4v) is 1.79. The maximum atomic E-state index is 13.0. The van der Waals surface area contributed by atoms with Crippen LogP contribution in [-0.2, 0) is 11.2 Å². The van der Waals surface area contributed by atoms with Gasteiger partial charge in [-0.2, -0.15) is 0 Å². The number of carbonyl (C=O) groups excluding carboxylic acids is 1. The topological polar surface area (TPSA) is 17.1 Å². The number of benzene rings is 1. The molecule has 0 aliphatic carbocycles. The lowest BCUT2D eigenvalue weighted by Gasteiger charge is -2.10. The van der Waals surface area contributed by atoms with Crippen molar-refractivity contribution < 1.29 is 9.18 Å². The quantitative estimate of drug-likeness (QED) is 0.742. The zero-order chi connectivity index (χ0) is 12.1. The van der Waals surface area contributed by atoms with Gasteiger partial charge in [-0.25, -0.2) is 4.39 Å². The van der Waals surface area contributed by atoms with Gasteiger partial charge in [0.2, 0.25) is 0 Å². The normalized spacial score (nSPS) is 12.5. The first kappa shape index (κ1) is 12.9. The van der Waals surface area contributed by atoms with Gasteiger partial charge in [0.15, 0.2) is 0 Å². The van der Waals surface area contributed by atoms with E-state index in [0.29, 0.717) is 6.42 Å². The lowest BCUT2D eigenvalue weighted by atomic mass is 9.94. The Morgan fingerprint density at radius 1 is 1.44 bits per heavy atom. The highest BCUT2D eigenvalue weighted by Crippen LogP contribution is 2.15. The second-order valence-corrected chi connectivity index (χ2v) is 4.40. The maximum absolute atomic E-state index is 13.0. The maximum Gasteiger partial charge on any atom is 0.140 e. The van der Waals surface area contributed by atoms with Gasteiger partial charge in [-0.05, 0) is 36.6 Å². The fraction of sp³-hybridized carbons (Fsp3) is 0.500. The molecule has 0 N–H and O–H groups in total. The Labute approximate surface area is 96.7 Å². The van der Waals surface area contributed by atoms with Crippen molar-refractivity contribution in [2.45, 2.75) is 40.0 Å². The molecule has 1 nitrogen and oxygen atoms in total. The van der Waals surface area contributed by atoms with Gasteiger partial charge in [-0.3, -0.25) is 4.79 Å². The molecule has 0 heterocycles. The summed E-state index contributed by atoms with van der Waals surface area (Å²) < 4.78 is 13.0. The molecule has 1 unspecified atom stereocenters. The molecule has 0 amide bonds. The molecular weight excluding hydrogens is 203 g/mol. The Bertz CT molecular complexity index is 371. The smallest absolute Gasteiger partial charge is 0.140 e. The molecule has 0 saturated heterocycles. The van der Waals surface area contributed by atoms with Crippen molar-refractivity contribution in [3.8, 4) is 0 Å². The van der Waals surface area contributed by atoms with Crippen molar-refractivity contribution in [2.24, 2.45) is 5.92 Å². The summed E-state index contributed by atoms with van der Waals surface area (Å²) in [5.41, 5.74) is 1.80. The van der Waals surface area contributed by atoms with Crippen LogP contribution in [0.25, 0.3) is 0 Å². The molecule has 0 radical (unpaired) electrons. The summed E-state index contributed by atoms with van der Waals surface area (Å²) in [7, 11) is 0. The number of rotatable bonds is 5. The second kappa shape index (κ2) is 5.78. The van der Waals surface area contributed by atoms with Crippen LogP contribution in [-0.4, -0.2) is 5.78 Å². The molecular formula is C14H19FO. The van der Waals surface area contributed by atoms with Crippen molar-refractivity contribution in [3.05, 3.63) is 35.1 Å². The van der Waals surface area contributed by atoms with Crippen molar-refractivity contribution in [3.63, 3.8) is 0 Å². The Morgan fingerprint density at radius 2 is 2.12 bits per heavy atom. The molecule has 2 heteroatoms. The SMILES string of the molecule is CCCC(C)C(=O)Cc1cc(F)ccc1C. The molecule has 0 aliphatic heterocycles. The van der Waals surface area contributed by atoms with E-state index in [4.69, 9.17) is 0 Å². The van der Waals surface area contributed by atoms with E-state index in [-0.39, 0.29) is 17.5 Å². The first-order valence-corrected chi connectivity index (χ1v) is 5.82. The molecule has 0 bridgehead atoms. The van der Waals surface area contributed by atoms with Gasteiger partial charge in [0.25, 0.3) is 0 Å².